The van der Waals surface area contributed by atoms with Crippen LogP contribution in [0, 0.1) is 0 Å². The number of hydrogen-bond acceptors (Lipinski definition) is 2. The van der Waals surface area contributed by atoms with E-state index in [0.29, 0.717) is 0 Å². The van der Waals surface area contributed by atoms with Crippen molar-refractivity contribution in [3.8, 4) is 0 Å². The summed E-state index contributed by atoms with van der Waals surface area (Å²) in [6.07, 6.45) is 0. The van der Waals surface area contributed by atoms with Crippen molar-refractivity contribution in [1.82, 2.24) is 10.2 Å². The zero-order chi connectivity index (χ0) is 5.11. The monoisotopic (exact) mass is 118 g/mol. The lowest BCUT2D eigenvalue weighted by molar-refractivity contribution is 0.291. The molecule has 1 saturated heterocycles. The molecule has 0 unspecified atom stereocenters. The van der Waals surface area contributed by atoms with Gasteiger partial charge in [-0.2, -0.15) is 0 Å². The molecule has 0 bridgehead atoms. The molecule has 3 nitrogen and oxygen atoms in total. The Morgan fingerprint density at radius 1 is 1.25 bits per heavy atom. The Morgan fingerprint density at radius 3 is 2.00 bits per heavy atom. The second kappa shape index (κ2) is 3.83. The van der Waals surface area contributed by atoms with E-state index in [1.165, 1.54) is 13.1 Å². The molecule has 0 aromatic rings. The largest absolute Gasteiger partial charge is 0.412 e. The Bertz CT molecular complexity index is 52.4. The first kappa shape index (κ1) is 7.88. The summed E-state index contributed by atoms with van der Waals surface area (Å²) >= 11 is 0. The van der Waals surface area contributed by atoms with Gasteiger partial charge in [-0.3, -0.25) is 0 Å². The van der Waals surface area contributed by atoms with Gasteiger partial charge in [0.2, 0.25) is 0 Å². The van der Waals surface area contributed by atoms with Gasteiger partial charge in [0, 0.05) is 26.2 Å². The molecule has 0 aromatic carbocycles. The van der Waals surface area contributed by atoms with Crippen LogP contribution in [0.2, 0.25) is 0 Å². The number of nitrogens with zero attached hydrogens (tertiary/aromatic N) is 1. The van der Waals surface area contributed by atoms with Gasteiger partial charge in [-0.1, -0.05) is 0 Å². The standard InChI is InChI=1S/C5H12N2.H2O/c1-7-4-2-6-3-5-7;/h6H,2-5H2,1H3;1H2. The minimum Gasteiger partial charge on any atom is -0.412 e. The minimum atomic E-state index is 0. The van der Waals surface area contributed by atoms with Crippen LogP contribution in [-0.4, -0.2) is 43.6 Å². The first-order valence-corrected chi connectivity index (χ1v) is 2.79. The van der Waals surface area contributed by atoms with E-state index >= 15 is 0 Å². The SMILES string of the molecule is CN1CCNCC1.O. The smallest absolute Gasteiger partial charge is 0.0104 e. The molecule has 0 amide bonds. The van der Waals surface area contributed by atoms with Crippen molar-refractivity contribution in [2.75, 3.05) is 33.2 Å². The molecule has 50 valence electrons. The van der Waals surface area contributed by atoms with Crippen LogP contribution in [0.15, 0.2) is 0 Å². The quantitative estimate of drug-likeness (QED) is 0.429. The van der Waals surface area contributed by atoms with Crippen LogP contribution in [0.1, 0.15) is 0 Å². The molecule has 1 aliphatic heterocycles. The van der Waals surface area contributed by atoms with Crippen molar-refractivity contribution in [3.63, 3.8) is 0 Å². The molecule has 0 aromatic heterocycles. The van der Waals surface area contributed by atoms with Crippen LogP contribution >= 0.6 is 0 Å². The Labute approximate surface area is 50.0 Å². The van der Waals surface area contributed by atoms with Gasteiger partial charge in [-0.15, -0.1) is 0 Å². The lowest BCUT2D eigenvalue weighted by atomic mass is 10.4. The maximum atomic E-state index is 3.27. The van der Waals surface area contributed by atoms with E-state index in [2.05, 4.69) is 17.3 Å². The number of hydrogen-bond donors (Lipinski definition) is 1. The summed E-state index contributed by atoms with van der Waals surface area (Å²) in [7, 11) is 2.15. The number of nitrogens with one attached hydrogen (secondary N) is 1. The highest BCUT2D eigenvalue weighted by Crippen LogP contribution is 1.82. The normalized spacial score (nSPS) is 22.1. The fourth-order valence-corrected chi connectivity index (χ4v) is 0.777. The van der Waals surface area contributed by atoms with Gasteiger partial charge in [0.05, 0.1) is 0 Å². The second-order valence-electron chi connectivity index (χ2n) is 2.05. The summed E-state index contributed by atoms with van der Waals surface area (Å²) in [5, 5.41) is 3.27. The van der Waals surface area contributed by atoms with Gasteiger partial charge in [0.1, 0.15) is 0 Å². The molecule has 1 rings (SSSR count). The summed E-state index contributed by atoms with van der Waals surface area (Å²) in [4.78, 5) is 2.33. The molecule has 1 heterocycles. The van der Waals surface area contributed by atoms with Gasteiger partial charge < -0.3 is 15.7 Å². The maximum absolute atomic E-state index is 3.27. The Hall–Kier alpha value is -0.120. The predicted molar refractivity (Wildman–Crippen MR) is 34.0 cm³/mol. The molecule has 3 N–H and O–H groups in total. The summed E-state index contributed by atoms with van der Waals surface area (Å²) in [5.74, 6) is 0. The Balaban J connectivity index is 0.000000490. The van der Waals surface area contributed by atoms with Crippen LogP contribution in [0.25, 0.3) is 0 Å². The fourth-order valence-electron chi connectivity index (χ4n) is 0.777. The predicted octanol–water partition coefficient (Wildman–Crippen LogP) is -1.30. The Kier molecular flexibility index (Phi) is 3.77. The molecule has 0 spiro atoms. The van der Waals surface area contributed by atoms with Crippen LogP contribution in [0.3, 0.4) is 0 Å². The highest BCUT2D eigenvalue weighted by Gasteiger charge is 2.01. The average Bonchev–Trinajstić information content (AvgIpc) is 1.69. The van der Waals surface area contributed by atoms with Crippen LogP contribution < -0.4 is 5.32 Å². The molecular formula is C5H14N2O. The fraction of sp³-hybridized carbons (Fsp3) is 1.00. The van der Waals surface area contributed by atoms with Crippen molar-refractivity contribution in [1.29, 1.82) is 0 Å². The summed E-state index contributed by atoms with van der Waals surface area (Å²) < 4.78 is 0. The average molecular weight is 118 g/mol. The third-order valence-electron chi connectivity index (χ3n) is 1.34. The highest BCUT2D eigenvalue weighted by molar-refractivity contribution is 4.62. The first-order valence-electron chi connectivity index (χ1n) is 2.79. The Morgan fingerprint density at radius 2 is 1.75 bits per heavy atom. The summed E-state index contributed by atoms with van der Waals surface area (Å²) in [5.41, 5.74) is 0. The van der Waals surface area contributed by atoms with Gasteiger partial charge in [0.25, 0.3) is 0 Å². The van der Waals surface area contributed by atoms with Gasteiger partial charge >= 0.3 is 0 Å². The third-order valence-corrected chi connectivity index (χ3v) is 1.34. The number of rotatable bonds is 0. The molecule has 1 aliphatic rings. The maximum Gasteiger partial charge on any atom is 0.0104 e. The molecule has 0 atom stereocenters. The van der Waals surface area contributed by atoms with E-state index < -0.39 is 0 Å². The van der Waals surface area contributed by atoms with E-state index in [1.54, 1.807) is 0 Å². The molecule has 1 fully saturated rings. The van der Waals surface area contributed by atoms with E-state index in [1.807, 2.05) is 0 Å². The molecule has 8 heavy (non-hydrogen) atoms. The lowest BCUT2D eigenvalue weighted by Gasteiger charge is -2.21. The van der Waals surface area contributed by atoms with Crippen molar-refractivity contribution >= 4 is 0 Å². The van der Waals surface area contributed by atoms with Crippen LogP contribution in [-0.2, 0) is 0 Å². The van der Waals surface area contributed by atoms with Crippen molar-refractivity contribution < 1.29 is 5.48 Å². The zero-order valence-electron chi connectivity index (χ0n) is 5.28. The van der Waals surface area contributed by atoms with E-state index in [-0.39, 0.29) is 5.48 Å². The summed E-state index contributed by atoms with van der Waals surface area (Å²) in [6.45, 7) is 4.74. The molecule has 0 radical (unpaired) electrons. The van der Waals surface area contributed by atoms with E-state index in [4.69, 9.17) is 0 Å². The van der Waals surface area contributed by atoms with E-state index in [9.17, 15) is 0 Å². The van der Waals surface area contributed by atoms with Gasteiger partial charge in [-0.25, -0.2) is 0 Å². The van der Waals surface area contributed by atoms with Crippen molar-refractivity contribution in [2.45, 2.75) is 0 Å². The summed E-state index contributed by atoms with van der Waals surface area (Å²) in [6, 6.07) is 0. The highest BCUT2D eigenvalue weighted by atomic mass is 16.0. The number of likely N-dealkylation sites (N-methyl/N-ethyl adjacent to an activating group) is 1. The van der Waals surface area contributed by atoms with Crippen LogP contribution in [0.5, 0.6) is 0 Å². The third kappa shape index (κ3) is 2.26. The molecule has 0 saturated carbocycles. The zero-order valence-corrected chi connectivity index (χ0v) is 5.28. The van der Waals surface area contributed by atoms with Crippen molar-refractivity contribution in [2.24, 2.45) is 0 Å². The lowest BCUT2D eigenvalue weighted by Crippen LogP contribution is -2.40. The second-order valence-corrected chi connectivity index (χ2v) is 2.05. The van der Waals surface area contributed by atoms with Crippen molar-refractivity contribution in [3.05, 3.63) is 0 Å². The molecular weight excluding hydrogens is 104 g/mol. The molecule has 0 aliphatic carbocycles. The van der Waals surface area contributed by atoms with E-state index in [0.717, 1.165) is 13.1 Å². The van der Waals surface area contributed by atoms with Gasteiger partial charge in [0.15, 0.2) is 0 Å². The van der Waals surface area contributed by atoms with Crippen LogP contribution in [0.4, 0.5) is 0 Å². The first-order chi connectivity index (χ1) is 3.39. The number of piperazine rings is 1. The molecule has 3 heteroatoms. The minimum absolute atomic E-state index is 0. The van der Waals surface area contributed by atoms with Gasteiger partial charge in [-0.05, 0) is 7.05 Å². The topological polar surface area (TPSA) is 46.8 Å².